The molecule has 16 nitrogen and oxygen atoms in total. The van der Waals surface area contributed by atoms with Crippen molar-refractivity contribution in [3.05, 3.63) is 43.0 Å². The molecule has 0 aliphatic carbocycles. The normalized spacial score (nSPS) is 17.2. The number of aryl methyl sites for hydroxylation is 1. The first kappa shape index (κ1) is 55.1. The molecule has 1 aliphatic heterocycles. The fourth-order valence-electron chi connectivity index (χ4n) is 7.61. The molecule has 1 unspecified atom stereocenters. The topological polar surface area (TPSA) is 221 Å². The zero-order valence-electron chi connectivity index (χ0n) is 38.3. The van der Waals surface area contributed by atoms with Crippen LogP contribution < -0.4 is 11.2 Å². The molecule has 2 heterocycles. The van der Waals surface area contributed by atoms with E-state index < -0.39 is 75.3 Å². The second kappa shape index (κ2) is 34.4. The molecule has 1 aromatic heterocycles. The summed E-state index contributed by atoms with van der Waals surface area (Å²) in [5, 5.41) is 3.70. The van der Waals surface area contributed by atoms with E-state index in [0.29, 0.717) is 12.8 Å². The molecule has 4 atom stereocenters. The number of unbranched alkanes of at least 4 members (excludes halogenated alkanes) is 24. The van der Waals surface area contributed by atoms with Gasteiger partial charge in [-0.1, -0.05) is 173 Å². The number of rotatable bonds is 39. The molecule has 1 aliphatic rings. The maximum atomic E-state index is 13.2. The molecule has 0 spiro atoms. The number of carbonyl (C=O) groups is 2. The van der Waals surface area contributed by atoms with Crippen LogP contribution in [0.1, 0.15) is 212 Å². The molecule has 2 N–H and O–H groups in total. The number of phosphoric acid groups is 1. The standard InChI is InChI=1S/C45H80N5O11P/c1-4-6-8-10-12-14-16-18-20-22-24-26-28-30-42(51)57-34-38(35-58-43(52)31-29-27-25-23-21-19-17-15-13-11-9-7-5-2)61-62(55,56)59-36-40-39(48-49-46)32-41(60-40)50-33-37(3)44(53)47-45(50)54/h33,38-41H,4-32,34-36H2,1-3H3,(H,55,56)(H,47,53,54)/t39-,40+,41+/m0/s1. The van der Waals surface area contributed by atoms with Crippen LogP contribution in [0.15, 0.2) is 20.9 Å². The number of hydrogen-bond donors (Lipinski definition) is 2. The second-order valence-corrected chi connectivity index (χ2v) is 18.4. The van der Waals surface area contributed by atoms with E-state index in [-0.39, 0.29) is 24.8 Å². The predicted octanol–water partition coefficient (Wildman–Crippen LogP) is 11.4. The third-order valence-corrected chi connectivity index (χ3v) is 12.4. The fourth-order valence-corrected chi connectivity index (χ4v) is 8.50. The zero-order valence-corrected chi connectivity index (χ0v) is 39.2. The number of H-pyrrole nitrogens is 1. The second-order valence-electron chi connectivity index (χ2n) is 17.0. The minimum Gasteiger partial charge on any atom is -0.463 e. The summed E-state index contributed by atoms with van der Waals surface area (Å²) in [6.07, 6.45) is 28.9. The van der Waals surface area contributed by atoms with Crippen LogP contribution in [0.2, 0.25) is 0 Å². The molecule has 1 saturated heterocycles. The van der Waals surface area contributed by atoms with Crippen LogP contribution in [-0.4, -0.2) is 64.5 Å². The van der Waals surface area contributed by atoms with Crippen molar-refractivity contribution in [2.24, 2.45) is 5.11 Å². The fraction of sp³-hybridized carbons (Fsp3) is 0.867. The van der Waals surface area contributed by atoms with Crippen LogP contribution in [0.4, 0.5) is 0 Å². The Bertz CT molecular complexity index is 1540. The van der Waals surface area contributed by atoms with Gasteiger partial charge in [-0.15, -0.1) is 0 Å². The van der Waals surface area contributed by atoms with Gasteiger partial charge < -0.3 is 19.1 Å². The minimum atomic E-state index is -4.90. The van der Waals surface area contributed by atoms with Crippen molar-refractivity contribution in [1.82, 2.24) is 9.55 Å². The third-order valence-electron chi connectivity index (χ3n) is 11.4. The average Bonchev–Trinajstić information content (AvgIpc) is 3.65. The van der Waals surface area contributed by atoms with Crippen molar-refractivity contribution < 1.29 is 42.3 Å². The van der Waals surface area contributed by atoms with E-state index in [9.17, 15) is 28.6 Å². The molecule has 356 valence electrons. The van der Waals surface area contributed by atoms with E-state index in [1.165, 1.54) is 129 Å². The number of aromatic amines is 1. The van der Waals surface area contributed by atoms with Crippen LogP contribution in [0, 0.1) is 6.92 Å². The highest BCUT2D eigenvalue weighted by Crippen LogP contribution is 2.46. The zero-order chi connectivity index (χ0) is 45.3. The lowest BCUT2D eigenvalue weighted by Gasteiger charge is -2.22. The van der Waals surface area contributed by atoms with Crippen LogP contribution >= 0.6 is 7.82 Å². The van der Waals surface area contributed by atoms with Gasteiger partial charge in [0.1, 0.15) is 25.5 Å². The Morgan fingerprint density at radius 1 is 0.790 bits per heavy atom. The number of azide groups is 1. The minimum absolute atomic E-state index is 0.0209. The lowest BCUT2D eigenvalue weighted by Crippen LogP contribution is -2.33. The highest BCUT2D eigenvalue weighted by atomic mass is 31.2. The number of esters is 2. The van der Waals surface area contributed by atoms with Gasteiger partial charge in [0.15, 0.2) is 0 Å². The number of hydrogen-bond acceptors (Lipinski definition) is 11. The molecule has 0 radical (unpaired) electrons. The van der Waals surface area contributed by atoms with Crippen LogP contribution in [0.25, 0.3) is 10.4 Å². The van der Waals surface area contributed by atoms with Crippen molar-refractivity contribution in [1.29, 1.82) is 0 Å². The van der Waals surface area contributed by atoms with E-state index in [2.05, 4.69) is 28.9 Å². The molecular formula is C45H80N5O11P. The van der Waals surface area contributed by atoms with Crippen molar-refractivity contribution in [3.63, 3.8) is 0 Å². The summed E-state index contributed by atoms with van der Waals surface area (Å²) in [7, 11) is -4.90. The molecule has 17 heteroatoms. The van der Waals surface area contributed by atoms with Gasteiger partial charge in [0.25, 0.3) is 5.56 Å². The number of nitrogens with zero attached hydrogens (tertiary/aromatic N) is 4. The summed E-state index contributed by atoms with van der Waals surface area (Å²) in [4.78, 5) is 65.4. The van der Waals surface area contributed by atoms with Gasteiger partial charge in [0.2, 0.25) is 0 Å². The lowest BCUT2D eigenvalue weighted by molar-refractivity contribution is -0.152. The van der Waals surface area contributed by atoms with E-state index >= 15 is 0 Å². The Morgan fingerprint density at radius 2 is 1.21 bits per heavy atom. The average molecular weight is 898 g/mol. The maximum absolute atomic E-state index is 13.2. The molecule has 0 amide bonds. The molecule has 1 fully saturated rings. The van der Waals surface area contributed by atoms with E-state index in [0.717, 1.165) is 43.1 Å². The lowest BCUT2D eigenvalue weighted by atomic mass is 10.0. The molecule has 0 saturated carbocycles. The first-order valence-corrected chi connectivity index (χ1v) is 25.5. The Kier molecular flexibility index (Phi) is 30.6. The number of ether oxygens (including phenoxy) is 3. The van der Waals surface area contributed by atoms with Gasteiger partial charge in [0, 0.05) is 35.9 Å². The van der Waals surface area contributed by atoms with Gasteiger partial charge in [-0.3, -0.25) is 33.0 Å². The molecule has 0 bridgehead atoms. The predicted molar refractivity (Wildman–Crippen MR) is 241 cm³/mol. The first-order valence-electron chi connectivity index (χ1n) is 24.0. The molecule has 0 aromatic carbocycles. The van der Waals surface area contributed by atoms with Crippen molar-refractivity contribution in [3.8, 4) is 0 Å². The molecular weight excluding hydrogens is 817 g/mol. The first-order chi connectivity index (χ1) is 30.0. The summed E-state index contributed by atoms with van der Waals surface area (Å²) < 4.78 is 41.7. The Balaban J connectivity index is 1.83. The van der Waals surface area contributed by atoms with Gasteiger partial charge in [-0.25, -0.2) is 9.36 Å². The van der Waals surface area contributed by atoms with Crippen molar-refractivity contribution in [2.45, 2.75) is 231 Å². The number of phosphoric ester groups is 1. The largest absolute Gasteiger partial charge is 0.472 e. The van der Waals surface area contributed by atoms with E-state index in [4.69, 9.17) is 28.8 Å². The van der Waals surface area contributed by atoms with Gasteiger partial charge in [-0.05, 0) is 25.3 Å². The van der Waals surface area contributed by atoms with Crippen LogP contribution in [-0.2, 0) is 37.4 Å². The molecule has 62 heavy (non-hydrogen) atoms. The summed E-state index contributed by atoms with van der Waals surface area (Å²) in [5.41, 5.74) is 8.09. The van der Waals surface area contributed by atoms with E-state index in [1.807, 2.05) is 0 Å². The Hall–Kier alpha value is -3.00. The Labute approximate surface area is 370 Å². The summed E-state index contributed by atoms with van der Waals surface area (Å²) in [5.74, 6) is -0.993. The highest BCUT2D eigenvalue weighted by Gasteiger charge is 2.39. The van der Waals surface area contributed by atoms with E-state index in [1.54, 1.807) is 0 Å². The highest BCUT2D eigenvalue weighted by molar-refractivity contribution is 7.47. The Morgan fingerprint density at radius 3 is 1.63 bits per heavy atom. The summed E-state index contributed by atoms with van der Waals surface area (Å²) in [6, 6.07) is -0.892. The van der Waals surface area contributed by atoms with Crippen LogP contribution in [0.5, 0.6) is 0 Å². The SMILES string of the molecule is CCCCCCCCCCCCCCCC(=O)OCC(COC(=O)CCCCCCCCCCCCCCC)OP(=O)(O)OC[C@H]1O[C@@H](n2cc(C)c(=O)[nH]c2=O)C[C@@H]1N=[N+]=[N-]. The maximum Gasteiger partial charge on any atom is 0.472 e. The van der Waals surface area contributed by atoms with Gasteiger partial charge >= 0.3 is 25.5 Å². The number of aromatic nitrogens is 2. The number of carbonyl (C=O) groups excluding carboxylic acids is 2. The summed E-state index contributed by atoms with van der Waals surface area (Å²) >= 11 is 0. The van der Waals surface area contributed by atoms with Crippen LogP contribution in [0.3, 0.4) is 0 Å². The number of nitrogens with one attached hydrogen (secondary N) is 1. The van der Waals surface area contributed by atoms with Crippen molar-refractivity contribution >= 4 is 19.8 Å². The summed E-state index contributed by atoms with van der Waals surface area (Å²) in [6.45, 7) is 4.50. The quantitative estimate of drug-likeness (QED) is 0.0158. The van der Waals surface area contributed by atoms with Crippen molar-refractivity contribution in [2.75, 3.05) is 19.8 Å². The monoisotopic (exact) mass is 898 g/mol. The molecule has 1 aromatic rings. The molecule has 2 rings (SSSR count). The smallest absolute Gasteiger partial charge is 0.463 e. The third kappa shape index (κ3) is 25.9. The van der Waals surface area contributed by atoms with Gasteiger partial charge in [-0.2, -0.15) is 0 Å². The van der Waals surface area contributed by atoms with Gasteiger partial charge in [0.05, 0.1) is 18.8 Å².